The molecule has 0 saturated heterocycles. The van der Waals surface area contributed by atoms with Crippen molar-refractivity contribution in [2.75, 3.05) is 6.61 Å². The Morgan fingerprint density at radius 1 is 1.15 bits per heavy atom. The number of aromatic nitrogens is 1. The van der Waals surface area contributed by atoms with E-state index in [9.17, 15) is 4.79 Å². The zero-order valence-corrected chi connectivity index (χ0v) is 11.6. The molecule has 0 unspecified atom stereocenters. The van der Waals surface area contributed by atoms with E-state index < -0.39 is 0 Å². The van der Waals surface area contributed by atoms with Crippen LogP contribution in [0.2, 0.25) is 0 Å². The van der Waals surface area contributed by atoms with Gasteiger partial charge < -0.3 is 4.74 Å². The smallest absolute Gasteiger partial charge is 0.349 e. The Kier molecular flexibility index (Phi) is 3.74. The van der Waals surface area contributed by atoms with Gasteiger partial charge >= 0.3 is 5.97 Å². The molecule has 0 N–H and O–H groups in total. The lowest BCUT2D eigenvalue weighted by molar-refractivity contribution is 0.0515. The summed E-state index contributed by atoms with van der Waals surface area (Å²) in [5, 5.41) is 2.43. The fourth-order valence-corrected chi connectivity index (χ4v) is 2.56. The Bertz CT molecular complexity index is 722. The van der Waals surface area contributed by atoms with Crippen LogP contribution in [0.4, 0.5) is 0 Å². The minimum absolute atomic E-state index is 0.298. The third-order valence-electron chi connectivity index (χ3n) is 3.07. The maximum absolute atomic E-state index is 11.7. The van der Waals surface area contributed by atoms with Gasteiger partial charge in [0.05, 0.1) is 18.3 Å². The highest BCUT2D eigenvalue weighted by Crippen LogP contribution is 2.16. The van der Waals surface area contributed by atoms with E-state index >= 15 is 0 Å². The number of fused-ring (bicyclic) bond motifs is 1. The molecule has 0 fully saturated rings. The third-order valence-corrected chi connectivity index (χ3v) is 3.82. The van der Waals surface area contributed by atoms with Gasteiger partial charge in [-0.05, 0) is 16.3 Å². The van der Waals surface area contributed by atoms with E-state index in [-0.39, 0.29) is 5.97 Å². The van der Waals surface area contributed by atoms with E-state index in [4.69, 9.17) is 4.74 Å². The molecule has 0 aliphatic rings. The molecular weight excluding hydrogens is 270 g/mol. The van der Waals surface area contributed by atoms with E-state index in [1.165, 1.54) is 33.9 Å². The predicted molar refractivity (Wildman–Crippen MR) is 80.0 cm³/mol. The molecule has 1 heterocycles. The molecule has 0 spiro atoms. The Morgan fingerprint density at radius 2 is 2.00 bits per heavy atom. The molecule has 4 heteroatoms. The zero-order valence-electron chi connectivity index (χ0n) is 10.8. The predicted octanol–water partition coefficient (Wildman–Crippen LogP) is 3.70. The Labute approximate surface area is 120 Å². The number of benzene rings is 2. The van der Waals surface area contributed by atoms with Crippen LogP contribution in [0.5, 0.6) is 0 Å². The SMILES string of the molecule is O=C(OCCc1ccc2ccccc2c1)c1cncs1. The van der Waals surface area contributed by atoms with Crippen LogP contribution < -0.4 is 0 Å². The van der Waals surface area contributed by atoms with E-state index in [0.29, 0.717) is 11.5 Å². The molecule has 3 nitrogen and oxygen atoms in total. The van der Waals surface area contributed by atoms with Gasteiger partial charge in [-0.15, -0.1) is 11.3 Å². The highest BCUT2D eigenvalue weighted by atomic mass is 32.1. The van der Waals surface area contributed by atoms with Gasteiger partial charge in [-0.2, -0.15) is 0 Å². The lowest BCUT2D eigenvalue weighted by atomic mass is 10.1. The highest BCUT2D eigenvalue weighted by molar-refractivity contribution is 7.11. The van der Waals surface area contributed by atoms with Gasteiger partial charge in [-0.25, -0.2) is 4.79 Å². The lowest BCUT2D eigenvalue weighted by Crippen LogP contribution is -2.06. The quantitative estimate of drug-likeness (QED) is 0.685. The first-order valence-electron chi connectivity index (χ1n) is 6.36. The van der Waals surface area contributed by atoms with Crippen molar-refractivity contribution < 1.29 is 9.53 Å². The highest BCUT2D eigenvalue weighted by Gasteiger charge is 2.08. The molecule has 0 bridgehead atoms. The lowest BCUT2D eigenvalue weighted by Gasteiger charge is -2.05. The summed E-state index contributed by atoms with van der Waals surface area (Å²) in [6.45, 7) is 0.384. The largest absolute Gasteiger partial charge is 0.461 e. The molecule has 3 rings (SSSR count). The molecule has 0 aliphatic heterocycles. The monoisotopic (exact) mass is 283 g/mol. The number of ether oxygens (including phenoxy) is 1. The number of rotatable bonds is 4. The molecule has 0 aliphatic carbocycles. The van der Waals surface area contributed by atoms with E-state index in [0.717, 1.165) is 6.42 Å². The summed E-state index contributed by atoms with van der Waals surface area (Å²) >= 11 is 1.29. The Morgan fingerprint density at radius 3 is 2.80 bits per heavy atom. The summed E-state index contributed by atoms with van der Waals surface area (Å²) in [7, 11) is 0. The summed E-state index contributed by atoms with van der Waals surface area (Å²) in [4.78, 5) is 16.1. The number of esters is 1. The van der Waals surface area contributed by atoms with Crippen LogP contribution >= 0.6 is 11.3 Å². The van der Waals surface area contributed by atoms with Crippen molar-refractivity contribution in [3.8, 4) is 0 Å². The topological polar surface area (TPSA) is 39.2 Å². The van der Waals surface area contributed by atoms with Crippen LogP contribution in [0.15, 0.2) is 54.2 Å². The fraction of sp³-hybridized carbons (Fsp3) is 0.125. The average Bonchev–Trinajstić information content (AvgIpc) is 3.01. The first kappa shape index (κ1) is 12.8. The van der Waals surface area contributed by atoms with Crippen LogP contribution in [-0.4, -0.2) is 17.6 Å². The molecule has 0 saturated carbocycles. The number of hydrogen-bond donors (Lipinski definition) is 0. The average molecular weight is 283 g/mol. The molecule has 100 valence electrons. The van der Waals surface area contributed by atoms with Crippen molar-refractivity contribution in [3.63, 3.8) is 0 Å². The number of carbonyl (C=O) groups is 1. The van der Waals surface area contributed by atoms with Crippen molar-refractivity contribution in [1.29, 1.82) is 0 Å². The van der Waals surface area contributed by atoms with E-state index in [1.54, 1.807) is 5.51 Å². The molecule has 1 aromatic heterocycles. The summed E-state index contributed by atoms with van der Waals surface area (Å²) in [5.74, 6) is -0.298. The van der Waals surface area contributed by atoms with Gasteiger partial charge in [-0.3, -0.25) is 4.98 Å². The van der Waals surface area contributed by atoms with Gasteiger partial charge in [0.2, 0.25) is 0 Å². The van der Waals surface area contributed by atoms with Crippen molar-refractivity contribution in [1.82, 2.24) is 4.98 Å². The third kappa shape index (κ3) is 2.86. The van der Waals surface area contributed by atoms with Gasteiger partial charge in [0.15, 0.2) is 0 Å². The number of hydrogen-bond acceptors (Lipinski definition) is 4. The van der Waals surface area contributed by atoms with Gasteiger partial charge in [-0.1, -0.05) is 42.5 Å². The summed E-state index contributed by atoms with van der Waals surface area (Å²) in [6.07, 6.45) is 2.25. The Hall–Kier alpha value is -2.20. The normalized spacial score (nSPS) is 10.6. The molecular formula is C16H13NO2S. The van der Waals surface area contributed by atoms with Crippen LogP contribution in [0.25, 0.3) is 10.8 Å². The number of carbonyl (C=O) groups excluding carboxylic acids is 1. The van der Waals surface area contributed by atoms with Crippen LogP contribution in [0.3, 0.4) is 0 Å². The van der Waals surface area contributed by atoms with E-state index in [2.05, 4.69) is 35.3 Å². The van der Waals surface area contributed by atoms with Crippen LogP contribution in [0, 0.1) is 0 Å². The van der Waals surface area contributed by atoms with E-state index in [1.807, 2.05) is 12.1 Å². The van der Waals surface area contributed by atoms with Crippen LogP contribution in [-0.2, 0) is 11.2 Å². The maximum Gasteiger partial charge on any atom is 0.349 e. The van der Waals surface area contributed by atoms with Gasteiger partial charge in [0.25, 0.3) is 0 Å². The van der Waals surface area contributed by atoms with Crippen molar-refractivity contribution in [2.45, 2.75) is 6.42 Å². The molecule has 0 radical (unpaired) electrons. The molecule has 2 aromatic carbocycles. The van der Waals surface area contributed by atoms with Crippen molar-refractivity contribution in [3.05, 3.63) is 64.6 Å². The standard InChI is InChI=1S/C16H13NO2S/c18-16(15-10-17-11-20-15)19-8-7-12-5-6-13-3-1-2-4-14(13)9-12/h1-6,9-11H,7-8H2. The van der Waals surface area contributed by atoms with Crippen LogP contribution in [0.1, 0.15) is 15.2 Å². The van der Waals surface area contributed by atoms with Gasteiger partial charge in [0, 0.05) is 6.42 Å². The van der Waals surface area contributed by atoms with Crippen molar-refractivity contribution in [2.24, 2.45) is 0 Å². The molecule has 3 aromatic rings. The van der Waals surface area contributed by atoms with Gasteiger partial charge in [0.1, 0.15) is 4.88 Å². The second kappa shape index (κ2) is 5.84. The first-order chi connectivity index (χ1) is 9.83. The molecule has 0 atom stereocenters. The maximum atomic E-state index is 11.7. The number of nitrogens with zero attached hydrogens (tertiary/aromatic N) is 1. The zero-order chi connectivity index (χ0) is 13.8. The second-order valence-corrected chi connectivity index (χ2v) is 5.32. The first-order valence-corrected chi connectivity index (χ1v) is 7.24. The minimum atomic E-state index is -0.298. The summed E-state index contributed by atoms with van der Waals surface area (Å²) in [6, 6.07) is 14.5. The number of thiazole rings is 1. The van der Waals surface area contributed by atoms with Crippen molar-refractivity contribution >= 4 is 28.1 Å². The molecule has 0 amide bonds. The Balaban J connectivity index is 1.61. The fourth-order valence-electron chi connectivity index (χ4n) is 2.04. The minimum Gasteiger partial charge on any atom is -0.461 e. The molecule has 20 heavy (non-hydrogen) atoms. The summed E-state index contributed by atoms with van der Waals surface area (Å²) in [5.41, 5.74) is 2.79. The summed E-state index contributed by atoms with van der Waals surface area (Å²) < 4.78 is 5.23. The second-order valence-electron chi connectivity index (χ2n) is 4.43.